The van der Waals surface area contributed by atoms with E-state index in [4.69, 9.17) is 25.8 Å². The van der Waals surface area contributed by atoms with Gasteiger partial charge in [-0.3, -0.25) is 20.4 Å². The summed E-state index contributed by atoms with van der Waals surface area (Å²) in [6.07, 6.45) is 2.98. The standard InChI is InChI=1S/C21H28ClN7O6S/c1-12(18(35-4)19-23-10-13(22)11-24-19)36(31,32)29-21(26-14-8-9-16(14)33-2)28-27-20(30)15-6-5-7-17(25-15)34-3/h5-7,10-12,14,16,18H,8-9H2,1-4H3,(H,27,30)(H2,26,28,29)/t12-,14+,16+,18-/m0/s1. The molecule has 2 heterocycles. The average Bonchev–Trinajstić information content (AvgIpc) is 2.86. The zero-order valence-electron chi connectivity index (χ0n) is 20.1. The van der Waals surface area contributed by atoms with Crippen molar-refractivity contribution < 1.29 is 27.4 Å². The minimum absolute atomic E-state index is 0.0511. The number of amides is 1. The van der Waals surface area contributed by atoms with Crippen molar-refractivity contribution in [3.05, 3.63) is 47.1 Å². The van der Waals surface area contributed by atoms with Gasteiger partial charge in [0.05, 0.1) is 24.3 Å². The first-order valence-corrected chi connectivity index (χ1v) is 12.8. The molecule has 196 valence electrons. The maximum Gasteiger partial charge on any atom is 0.288 e. The van der Waals surface area contributed by atoms with E-state index in [-0.39, 0.29) is 35.5 Å². The number of nitrogens with one attached hydrogen (secondary N) is 3. The van der Waals surface area contributed by atoms with E-state index in [9.17, 15) is 13.2 Å². The van der Waals surface area contributed by atoms with Gasteiger partial charge in [-0.1, -0.05) is 17.7 Å². The Morgan fingerprint density at radius 3 is 2.47 bits per heavy atom. The number of aromatic nitrogens is 3. The monoisotopic (exact) mass is 541 g/mol. The molecule has 1 amide bonds. The van der Waals surface area contributed by atoms with Gasteiger partial charge in [0.2, 0.25) is 21.9 Å². The molecule has 15 heteroatoms. The number of methoxy groups -OCH3 is 3. The lowest BCUT2D eigenvalue weighted by Crippen LogP contribution is -2.53. The summed E-state index contributed by atoms with van der Waals surface area (Å²) in [5, 5.41) is -0.846. The summed E-state index contributed by atoms with van der Waals surface area (Å²) in [6, 6.07) is 4.36. The van der Waals surface area contributed by atoms with Gasteiger partial charge in [0, 0.05) is 32.7 Å². The van der Waals surface area contributed by atoms with Crippen molar-refractivity contribution in [1.82, 2.24) is 30.5 Å². The van der Waals surface area contributed by atoms with Crippen molar-refractivity contribution in [2.24, 2.45) is 4.99 Å². The van der Waals surface area contributed by atoms with E-state index in [2.05, 4.69) is 35.5 Å². The molecular weight excluding hydrogens is 514 g/mol. The number of aliphatic imine (C=N–C) groups is 1. The Kier molecular flexibility index (Phi) is 9.37. The number of carbonyl (C=O) groups excluding carboxylic acids is 1. The Labute approximate surface area is 214 Å². The fraction of sp³-hybridized carbons (Fsp3) is 0.476. The fourth-order valence-electron chi connectivity index (χ4n) is 3.33. The lowest BCUT2D eigenvalue weighted by atomic mass is 9.90. The first kappa shape index (κ1) is 27.5. The summed E-state index contributed by atoms with van der Waals surface area (Å²) in [5.74, 6) is -0.438. The zero-order valence-corrected chi connectivity index (χ0v) is 21.7. The van der Waals surface area contributed by atoms with E-state index >= 15 is 0 Å². The summed E-state index contributed by atoms with van der Waals surface area (Å²) < 4.78 is 44.7. The Hall–Kier alpha value is -3.07. The van der Waals surface area contributed by atoms with Crippen LogP contribution in [-0.2, 0) is 19.5 Å². The molecule has 0 saturated heterocycles. The van der Waals surface area contributed by atoms with Crippen LogP contribution in [0.2, 0.25) is 5.02 Å². The van der Waals surface area contributed by atoms with Gasteiger partial charge in [-0.05, 0) is 25.8 Å². The third-order valence-corrected chi connectivity index (χ3v) is 7.44. The molecule has 0 bridgehead atoms. The van der Waals surface area contributed by atoms with E-state index in [0.717, 1.165) is 6.42 Å². The third-order valence-electron chi connectivity index (χ3n) is 5.54. The molecule has 0 aromatic carbocycles. The molecule has 2 aromatic heterocycles. The van der Waals surface area contributed by atoms with Crippen molar-refractivity contribution >= 4 is 33.5 Å². The molecular formula is C21H28ClN7O6S. The summed E-state index contributed by atoms with van der Waals surface area (Å²) in [4.78, 5) is 29.2. The Bertz CT molecular complexity index is 1180. The molecule has 3 N–H and O–H groups in total. The zero-order chi connectivity index (χ0) is 26.3. The van der Waals surface area contributed by atoms with E-state index in [1.807, 2.05) is 0 Å². The SMILES string of the molecule is COc1cccc(C(=O)NNC(=N[C@@H]2CC[C@H]2OC)NS(=O)(=O)[C@@H](C)[C@H](OC)c2ncc(Cl)cn2)n1. The highest BCUT2D eigenvalue weighted by atomic mass is 35.5. The Morgan fingerprint density at radius 2 is 1.89 bits per heavy atom. The van der Waals surface area contributed by atoms with Crippen LogP contribution in [0.1, 0.15) is 42.2 Å². The van der Waals surface area contributed by atoms with E-state index in [1.54, 1.807) is 19.2 Å². The first-order chi connectivity index (χ1) is 17.2. The van der Waals surface area contributed by atoms with Crippen molar-refractivity contribution in [1.29, 1.82) is 0 Å². The lowest BCUT2D eigenvalue weighted by molar-refractivity contribution is 0.0220. The maximum atomic E-state index is 13.3. The van der Waals surface area contributed by atoms with Crippen molar-refractivity contribution in [2.75, 3.05) is 21.3 Å². The highest BCUT2D eigenvalue weighted by molar-refractivity contribution is 7.90. The molecule has 1 fully saturated rings. The molecule has 4 atom stereocenters. The predicted octanol–water partition coefficient (Wildman–Crippen LogP) is 0.997. The van der Waals surface area contributed by atoms with Gasteiger partial charge < -0.3 is 14.2 Å². The van der Waals surface area contributed by atoms with Crippen molar-refractivity contribution in [3.63, 3.8) is 0 Å². The minimum Gasteiger partial charge on any atom is -0.481 e. The van der Waals surface area contributed by atoms with Crippen LogP contribution >= 0.6 is 11.6 Å². The smallest absolute Gasteiger partial charge is 0.288 e. The van der Waals surface area contributed by atoms with Gasteiger partial charge in [0.1, 0.15) is 17.0 Å². The molecule has 2 aromatic rings. The van der Waals surface area contributed by atoms with Crippen LogP contribution in [0.4, 0.5) is 0 Å². The van der Waals surface area contributed by atoms with Gasteiger partial charge in [0.25, 0.3) is 5.91 Å². The number of halogens is 1. The van der Waals surface area contributed by atoms with Gasteiger partial charge in [-0.25, -0.2) is 28.4 Å². The Morgan fingerprint density at radius 1 is 1.17 bits per heavy atom. The molecule has 3 rings (SSSR count). The number of nitrogens with zero attached hydrogens (tertiary/aromatic N) is 4. The molecule has 0 unspecified atom stereocenters. The molecule has 1 aliphatic rings. The summed E-state index contributed by atoms with van der Waals surface area (Å²) in [6.45, 7) is 1.44. The first-order valence-electron chi connectivity index (χ1n) is 10.9. The van der Waals surface area contributed by atoms with Crippen LogP contribution in [0.15, 0.2) is 35.6 Å². The number of sulfonamides is 1. The number of ether oxygens (including phenoxy) is 3. The molecule has 0 spiro atoms. The summed E-state index contributed by atoms with van der Waals surface area (Å²) in [5.41, 5.74) is 5.00. The summed E-state index contributed by atoms with van der Waals surface area (Å²) >= 11 is 5.83. The second kappa shape index (κ2) is 12.3. The van der Waals surface area contributed by atoms with E-state index < -0.39 is 27.3 Å². The number of hydrazine groups is 1. The number of guanidine groups is 1. The molecule has 1 aliphatic carbocycles. The topological polar surface area (TPSA) is 166 Å². The Balaban J connectivity index is 1.79. The second-order valence-electron chi connectivity index (χ2n) is 7.81. The molecule has 13 nitrogen and oxygen atoms in total. The van der Waals surface area contributed by atoms with Crippen LogP contribution < -0.4 is 20.3 Å². The molecule has 36 heavy (non-hydrogen) atoms. The van der Waals surface area contributed by atoms with Crippen LogP contribution in [0, 0.1) is 0 Å². The highest BCUT2D eigenvalue weighted by Gasteiger charge is 2.35. The van der Waals surface area contributed by atoms with E-state index in [1.165, 1.54) is 39.6 Å². The van der Waals surface area contributed by atoms with Crippen LogP contribution in [0.3, 0.4) is 0 Å². The number of hydrogen-bond donors (Lipinski definition) is 3. The quantitative estimate of drug-likeness (QED) is 0.237. The normalized spacial score (nSPS) is 19.5. The predicted molar refractivity (Wildman–Crippen MR) is 131 cm³/mol. The fourth-order valence-corrected chi connectivity index (χ4v) is 4.54. The minimum atomic E-state index is -4.12. The summed E-state index contributed by atoms with van der Waals surface area (Å²) in [7, 11) is 0.212. The third kappa shape index (κ3) is 6.78. The second-order valence-corrected chi connectivity index (χ2v) is 10.3. The number of pyridine rings is 1. The molecule has 1 saturated carbocycles. The lowest BCUT2D eigenvalue weighted by Gasteiger charge is -2.33. The van der Waals surface area contributed by atoms with Gasteiger partial charge in [0.15, 0.2) is 5.82 Å². The maximum absolute atomic E-state index is 13.3. The average molecular weight is 542 g/mol. The van der Waals surface area contributed by atoms with Crippen LogP contribution in [0.5, 0.6) is 5.88 Å². The van der Waals surface area contributed by atoms with E-state index in [0.29, 0.717) is 11.4 Å². The largest absolute Gasteiger partial charge is 0.481 e. The molecule has 0 aliphatic heterocycles. The highest BCUT2D eigenvalue weighted by Crippen LogP contribution is 2.26. The van der Waals surface area contributed by atoms with Gasteiger partial charge in [-0.15, -0.1) is 0 Å². The van der Waals surface area contributed by atoms with Crippen LogP contribution in [-0.4, -0.2) is 74.0 Å². The van der Waals surface area contributed by atoms with Crippen molar-refractivity contribution in [2.45, 2.75) is 43.3 Å². The number of hydrogen-bond acceptors (Lipinski definition) is 10. The number of rotatable bonds is 9. The van der Waals surface area contributed by atoms with Crippen LogP contribution in [0.25, 0.3) is 0 Å². The number of carbonyl (C=O) groups is 1. The van der Waals surface area contributed by atoms with Crippen molar-refractivity contribution in [3.8, 4) is 5.88 Å². The van der Waals surface area contributed by atoms with Gasteiger partial charge >= 0.3 is 0 Å². The van der Waals surface area contributed by atoms with Gasteiger partial charge in [-0.2, -0.15) is 0 Å². The molecule has 0 radical (unpaired) electrons.